The van der Waals surface area contributed by atoms with E-state index in [0.717, 1.165) is 29.9 Å². The average Bonchev–Trinajstić information content (AvgIpc) is 3.17. The normalized spacial score (nSPS) is 14.4. The van der Waals surface area contributed by atoms with Crippen LogP contribution in [0.15, 0.2) is 27.1 Å². The van der Waals surface area contributed by atoms with Crippen LogP contribution >= 0.6 is 0 Å². The van der Waals surface area contributed by atoms with E-state index < -0.39 is 0 Å². The Labute approximate surface area is 134 Å². The number of aromatic nitrogens is 2. The van der Waals surface area contributed by atoms with Gasteiger partial charge in [0, 0.05) is 23.3 Å². The van der Waals surface area contributed by atoms with Crippen molar-refractivity contribution in [3.05, 3.63) is 41.2 Å². The molecular weight excluding hydrogens is 292 g/mol. The van der Waals surface area contributed by atoms with Gasteiger partial charge in [-0.15, -0.1) is 0 Å². The summed E-state index contributed by atoms with van der Waals surface area (Å²) in [5.74, 6) is 3.39. The van der Waals surface area contributed by atoms with Gasteiger partial charge in [-0.1, -0.05) is 19.0 Å². The Morgan fingerprint density at radius 1 is 1.22 bits per heavy atom. The lowest BCUT2D eigenvalue weighted by atomic mass is 9.96. The molecule has 0 atom stereocenters. The standard InChI is InChI=1S/C18H20N2O3/c1-11(2)18-19-17(20-23-18)10-21-12-7-8-16-14(9-12)13-5-3-4-6-15(13)22-16/h7-9,11H,3-6,10H2,1-2H3. The van der Waals surface area contributed by atoms with E-state index in [1.165, 1.54) is 23.8 Å². The lowest BCUT2D eigenvalue weighted by Gasteiger charge is -2.08. The molecule has 0 fully saturated rings. The van der Waals surface area contributed by atoms with E-state index in [4.69, 9.17) is 13.7 Å². The first-order chi connectivity index (χ1) is 11.2. The van der Waals surface area contributed by atoms with Crippen molar-refractivity contribution in [3.8, 4) is 5.75 Å². The highest BCUT2D eigenvalue weighted by atomic mass is 16.5. The molecule has 2 heterocycles. The Morgan fingerprint density at radius 2 is 2.09 bits per heavy atom. The van der Waals surface area contributed by atoms with E-state index in [2.05, 4.69) is 16.2 Å². The zero-order valence-corrected chi connectivity index (χ0v) is 13.5. The Kier molecular flexibility index (Phi) is 3.56. The molecule has 0 unspecified atom stereocenters. The van der Waals surface area contributed by atoms with Gasteiger partial charge < -0.3 is 13.7 Å². The lowest BCUT2D eigenvalue weighted by Crippen LogP contribution is -1.99. The molecule has 0 aliphatic heterocycles. The molecule has 0 bridgehead atoms. The summed E-state index contributed by atoms with van der Waals surface area (Å²) in [7, 11) is 0. The van der Waals surface area contributed by atoms with Crippen molar-refractivity contribution >= 4 is 11.0 Å². The largest absolute Gasteiger partial charge is 0.485 e. The molecule has 1 aromatic carbocycles. The highest BCUT2D eigenvalue weighted by Crippen LogP contribution is 2.34. The minimum atomic E-state index is 0.227. The number of benzene rings is 1. The molecule has 120 valence electrons. The van der Waals surface area contributed by atoms with Crippen LogP contribution in [-0.4, -0.2) is 10.1 Å². The third-order valence-corrected chi connectivity index (χ3v) is 4.27. The van der Waals surface area contributed by atoms with Gasteiger partial charge >= 0.3 is 0 Å². The fourth-order valence-electron chi connectivity index (χ4n) is 3.04. The Bertz CT molecular complexity index is 832. The third-order valence-electron chi connectivity index (χ3n) is 4.27. The molecule has 1 aliphatic rings. The molecular formula is C18H20N2O3. The summed E-state index contributed by atoms with van der Waals surface area (Å²) in [4.78, 5) is 4.33. The number of hydrogen-bond acceptors (Lipinski definition) is 5. The predicted octanol–water partition coefficient (Wildman–Crippen LogP) is 4.40. The zero-order chi connectivity index (χ0) is 15.8. The molecule has 1 aliphatic carbocycles. The molecule has 23 heavy (non-hydrogen) atoms. The molecule has 0 saturated carbocycles. The van der Waals surface area contributed by atoms with Crippen molar-refractivity contribution in [2.24, 2.45) is 0 Å². The van der Waals surface area contributed by atoms with Gasteiger partial charge in [-0.3, -0.25) is 0 Å². The average molecular weight is 312 g/mol. The van der Waals surface area contributed by atoms with Crippen molar-refractivity contribution in [1.82, 2.24) is 10.1 Å². The maximum absolute atomic E-state index is 5.94. The molecule has 0 amide bonds. The van der Waals surface area contributed by atoms with Crippen LogP contribution in [0.4, 0.5) is 0 Å². The zero-order valence-electron chi connectivity index (χ0n) is 13.5. The summed E-state index contributed by atoms with van der Waals surface area (Å²) in [6.07, 6.45) is 4.58. The molecule has 5 nitrogen and oxygen atoms in total. The van der Waals surface area contributed by atoms with Crippen molar-refractivity contribution in [3.63, 3.8) is 0 Å². The van der Waals surface area contributed by atoms with E-state index in [-0.39, 0.29) is 5.92 Å². The van der Waals surface area contributed by atoms with Gasteiger partial charge in [-0.25, -0.2) is 0 Å². The van der Waals surface area contributed by atoms with E-state index in [0.29, 0.717) is 18.3 Å². The van der Waals surface area contributed by atoms with Gasteiger partial charge in [-0.2, -0.15) is 4.98 Å². The first kappa shape index (κ1) is 14.3. The van der Waals surface area contributed by atoms with Crippen molar-refractivity contribution in [1.29, 1.82) is 0 Å². The molecule has 0 spiro atoms. The number of hydrogen-bond donors (Lipinski definition) is 0. The first-order valence-electron chi connectivity index (χ1n) is 8.20. The summed E-state index contributed by atoms with van der Waals surface area (Å²) in [6, 6.07) is 5.98. The summed E-state index contributed by atoms with van der Waals surface area (Å²) in [5.41, 5.74) is 2.30. The molecule has 0 N–H and O–H groups in total. The highest BCUT2D eigenvalue weighted by Gasteiger charge is 2.18. The minimum Gasteiger partial charge on any atom is -0.485 e. The van der Waals surface area contributed by atoms with Crippen molar-refractivity contribution in [2.75, 3.05) is 0 Å². The van der Waals surface area contributed by atoms with Crippen LogP contribution in [-0.2, 0) is 19.4 Å². The van der Waals surface area contributed by atoms with Gasteiger partial charge in [0.2, 0.25) is 11.7 Å². The van der Waals surface area contributed by atoms with Gasteiger partial charge in [0.25, 0.3) is 0 Å². The Morgan fingerprint density at radius 3 is 2.91 bits per heavy atom. The quantitative estimate of drug-likeness (QED) is 0.714. The number of fused-ring (bicyclic) bond motifs is 3. The third kappa shape index (κ3) is 2.71. The number of ether oxygens (including phenoxy) is 1. The second-order valence-corrected chi connectivity index (χ2v) is 6.36. The lowest BCUT2D eigenvalue weighted by molar-refractivity contribution is 0.284. The first-order valence-corrected chi connectivity index (χ1v) is 8.20. The minimum absolute atomic E-state index is 0.227. The second kappa shape index (κ2) is 5.72. The van der Waals surface area contributed by atoms with Crippen LogP contribution in [0.3, 0.4) is 0 Å². The van der Waals surface area contributed by atoms with Gasteiger partial charge in [0.1, 0.15) is 17.1 Å². The summed E-state index contributed by atoms with van der Waals surface area (Å²) < 4.78 is 17.0. The molecule has 4 rings (SSSR count). The molecule has 5 heteroatoms. The predicted molar refractivity (Wildman–Crippen MR) is 85.6 cm³/mol. The fourth-order valence-corrected chi connectivity index (χ4v) is 3.04. The molecule has 0 radical (unpaired) electrons. The van der Waals surface area contributed by atoms with Crippen LogP contribution in [0.5, 0.6) is 5.75 Å². The second-order valence-electron chi connectivity index (χ2n) is 6.36. The van der Waals surface area contributed by atoms with Crippen molar-refractivity contribution < 1.29 is 13.7 Å². The summed E-state index contributed by atoms with van der Waals surface area (Å²) in [6.45, 7) is 4.35. The van der Waals surface area contributed by atoms with Crippen LogP contribution < -0.4 is 4.74 Å². The SMILES string of the molecule is CC(C)c1nc(COc2ccc3oc4c(c3c2)CCCC4)no1. The smallest absolute Gasteiger partial charge is 0.229 e. The molecule has 3 aromatic rings. The van der Waals surface area contributed by atoms with E-state index in [1.54, 1.807) is 0 Å². The topological polar surface area (TPSA) is 61.3 Å². The maximum atomic E-state index is 5.94. The highest BCUT2D eigenvalue weighted by molar-refractivity contribution is 5.84. The summed E-state index contributed by atoms with van der Waals surface area (Å²) in [5, 5.41) is 5.12. The van der Waals surface area contributed by atoms with Crippen LogP contribution in [0, 0.1) is 0 Å². The van der Waals surface area contributed by atoms with Crippen LogP contribution in [0.25, 0.3) is 11.0 Å². The van der Waals surface area contributed by atoms with Crippen molar-refractivity contribution in [2.45, 2.75) is 52.1 Å². The number of rotatable bonds is 4. The molecule has 0 saturated heterocycles. The number of aryl methyl sites for hydroxylation is 2. The monoisotopic (exact) mass is 312 g/mol. The summed E-state index contributed by atoms with van der Waals surface area (Å²) >= 11 is 0. The Balaban J connectivity index is 1.54. The van der Waals surface area contributed by atoms with Gasteiger partial charge in [0.05, 0.1) is 0 Å². The van der Waals surface area contributed by atoms with Gasteiger partial charge in [0.15, 0.2) is 6.61 Å². The number of nitrogens with zero attached hydrogens (tertiary/aromatic N) is 2. The van der Waals surface area contributed by atoms with Crippen LogP contribution in [0.2, 0.25) is 0 Å². The van der Waals surface area contributed by atoms with E-state index in [9.17, 15) is 0 Å². The van der Waals surface area contributed by atoms with E-state index >= 15 is 0 Å². The maximum Gasteiger partial charge on any atom is 0.229 e. The van der Waals surface area contributed by atoms with E-state index in [1.807, 2.05) is 26.0 Å². The Hall–Kier alpha value is -2.30. The molecule has 2 aromatic heterocycles. The number of furan rings is 1. The van der Waals surface area contributed by atoms with Gasteiger partial charge in [-0.05, 0) is 37.5 Å². The van der Waals surface area contributed by atoms with Crippen LogP contribution in [0.1, 0.15) is 55.6 Å². The fraction of sp³-hybridized carbons (Fsp3) is 0.444.